The van der Waals surface area contributed by atoms with Crippen LogP contribution in [0.2, 0.25) is 0 Å². The molecule has 6 heteroatoms. The first kappa shape index (κ1) is 18.2. The second-order valence-electron chi connectivity index (χ2n) is 8.01. The smallest absolute Gasteiger partial charge is 0.273 e. The molecule has 1 aromatic heterocycles. The number of carbonyl (C=O) groups is 1. The van der Waals surface area contributed by atoms with E-state index in [4.69, 9.17) is 0 Å². The molecule has 1 aliphatic carbocycles. The van der Waals surface area contributed by atoms with Gasteiger partial charge in [-0.25, -0.2) is 4.68 Å². The zero-order chi connectivity index (χ0) is 19.9. The minimum Gasteiger partial charge on any atom is -0.348 e. The Bertz CT molecular complexity index is 1170. The standard InChI is InChI=1S/C22H23N3O3/c1-22(2)12-11-18(16-9-5-6-10-17(16)22)23-19(26)13-25-21(28)15-8-4-3-7-14(15)20(27)24-25/h3-10,18H,11-13H2,1-2H3,(H,23,26)(H,24,27). The van der Waals surface area contributed by atoms with E-state index in [1.165, 1.54) is 5.56 Å². The van der Waals surface area contributed by atoms with Gasteiger partial charge in [0.05, 0.1) is 16.8 Å². The van der Waals surface area contributed by atoms with Gasteiger partial charge in [0.2, 0.25) is 5.91 Å². The summed E-state index contributed by atoms with van der Waals surface area (Å²) in [7, 11) is 0. The van der Waals surface area contributed by atoms with Crippen molar-refractivity contribution in [1.82, 2.24) is 15.1 Å². The highest BCUT2D eigenvalue weighted by Crippen LogP contribution is 2.41. The summed E-state index contributed by atoms with van der Waals surface area (Å²) < 4.78 is 1.08. The molecule has 2 aromatic carbocycles. The van der Waals surface area contributed by atoms with Crippen LogP contribution in [0.3, 0.4) is 0 Å². The van der Waals surface area contributed by atoms with Crippen LogP contribution in [-0.4, -0.2) is 15.7 Å². The Kier molecular flexibility index (Phi) is 4.41. The number of amides is 1. The Morgan fingerprint density at radius 1 is 1.11 bits per heavy atom. The van der Waals surface area contributed by atoms with Crippen LogP contribution in [0, 0.1) is 0 Å². The molecular formula is C22H23N3O3. The molecule has 1 heterocycles. The summed E-state index contributed by atoms with van der Waals surface area (Å²) in [5.74, 6) is -0.299. The lowest BCUT2D eigenvalue weighted by atomic mass is 9.71. The molecule has 1 aliphatic rings. The second kappa shape index (κ2) is 6.78. The van der Waals surface area contributed by atoms with Crippen molar-refractivity contribution in [3.8, 4) is 0 Å². The predicted octanol–water partition coefficient (Wildman–Crippen LogP) is 2.62. The maximum Gasteiger partial charge on any atom is 0.273 e. The van der Waals surface area contributed by atoms with E-state index in [0.29, 0.717) is 10.8 Å². The SMILES string of the molecule is CC1(C)CCC(NC(=O)Cn2[nH]c(=O)c3ccccc3c2=O)c2ccccc21. The van der Waals surface area contributed by atoms with Crippen molar-refractivity contribution >= 4 is 16.7 Å². The molecule has 0 spiro atoms. The van der Waals surface area contributed by atoms with Crippen LogP contribution in [0.1, 0.15) is 43.9 Å². The molecule has 28 heavy (non-hydrogen) atoms. The number of hydrogen-bond acceptors (Lipinski definition) is 3. The van der Waals surface area contributed by atoms with Crippen molar-refractivity contribution < 1.29 is 4.79 Å². The van der Waals surface area contributed by atoms with Gasteiger partial charge in [0.25, 0.3) is 11.1 Å². The third-order valence-corrected chi connectivity index (χ3v) is 5.64. The average Bonchev–Trinajstić information content (AvgIpc) is 2.68. The van der Waals surface area contributed by atoms with Gasteiger partial charge in [-0.15, -0.1) is 0 Å². The highest BCUT2D eigenvalue weighted by Gasteiger charge is 2.32. The summed E-state index contributed by atoms with van der Waals surface area (Å²) in [6, 6.07) is 14.7. The molecule has 2 N–H and O–H groups in total. The number of benzene rings is 2. The normalized spacial score (nSPS) is 17.9. The number of nitrogens with zero attached hydrogens (tertiary/aromatic N) is 1. The van der Waals surface area contributed by atoms with E-state index in [0.717, 1.165) is 23.1 Å². The van der Waals surface area contributed by atoms with E-state index >= 15 is 0 Å². The number of H-pyrrole nitrogens is 1. The quantitative estimate of drug-likeness (QED) is 0.736. The average molecular weight is 377 g/mol. The summed E-state index contributed by atoms with van der Waals surface area (Å²) in [5.41, 5.74) is 1.66. The number of rotatable bonds is 3. The van der Waals surface area contributed by atoms with Crippen molar-refractivity contribution in [1.29, 1.82) is 0 Å². The Labute approximate surface area is 162 Å². The molecule has 1 amide bonds. The van der Waals surface area contributed by atoms with E-state index in [1.807, 2.05) is 18.2 Å². The maximum absolute atomic E-state index is 12.7. The van der Waals surface area contributed by atoms with Crippen LogP contribution in [0.15, 0.2) is 58.1 Å². The number of aromatic amines is 1. The van der Waals surface area contributed by atoms with Crippen molar-refractivity contribution in [2.24, 2.45) is 0 Å². The number of aromatic nitrogens is 2. The second-order valence-corrected chi connectivity index (χ2v) is 8.01. The van der Waals surface area contributed by atoms with Gasteiger partial charge in [-0.1, -0.05) is 50.2 Å². The predicted molar refractivity (Wildman–Crippen MR) is 108 cm³/mol. The molecule has 6 nitrogen and oxygen atoms in total. The summed E-state index contributed by atoms with van der Waals surface area (Å²) in [5, 5.41) is 6.18. The van der Waals surface area contributed by atoms with E-state index in [1.54, 1.807) is 24.3 Å². The number of hydrogen-bond donors (Lipinski definition) is 2. The lowest BCUT2D eigenvalue weighted by Gasteiger charge is -2.37. The van der Waals surface area contributed by atoms with Gasteiger partial charge in [-0.05, 0) is 41.5 Å². The first-order valence-electron chi connectivity index (χ1n) is 9.47. The molecule has 0 saturated carbocycles. The summed E-state index contributed by atoms with van der Waals surface area (Å²) in [6.45, 7) is 4.20. The van der Waals surface area contributed by atoms with Crippen LogP contribution in [0.5, 0.6) is 0 Å². The molecule has 0 bridgehead atoms. The van der Waals surface area contributed by atoms with Gasteiger partial charge in [0.15, 0.2) is 0 Å². The van der Waals surface area contributed by atoms with Crippen LogP contribution in [0.4, 0.5) is 0 Å². The molecule has 1 atom stereocenters. The van der Waals surface area contributed by atoms with E-state index < -0.39 is 0 Å². The first-order valence-corrected chi connectivity index (χ1v) is 9.47. The van der Waals surface area contributed by atoms with Gasteiger partial charge in [0.1, 0.15) is 6.54 Å². The van der Waals surface area contributed by atoms with Crippen molar-refractivity contribution in [2.75, 3.05) is 0 Å². The number of nitrogens with one attached hydrogen (secondary N) is 2. The fourth-order valence-electron chi connectivity index (χ4n) is 4.10. The van der Waals surface area contributed by atoms with Crippen molar-refractivity contribution in [3.05, 3.63) is 80.4 Å². The van der Waals surface area contributed by atoms with Gasteiger partial charge in [-0.3, -0.25) is 19.5 Å². The van der Waals surface area contributed by atoms with Gasteiger partial charge < -0.3 is 5.32 Å². The Hall–Kier alpha value is -3.15. The fraction of sp³-hybridized carbons (Fsp3) is 0.318. The zero-order valence-electron chi connectivity index (χ0n) is 16.0. The zero-order valence-corrected chi connectivity index (χ0v) is 16.0. The Morgan fingerprint density at radius 2 is 1.79 bits per heavy atom. The van der Waals surface area contributed by atoms with Gasteiger partial charge in [0, 0.05) is 0 Å². The number of fused-ring (bicyclic) bond motifs is 2. The van der Waals surface area contributed by atoms with Crippen LogP contribution in [-0.2, 0) is 16.8 Å². The molecule has 0 radical (unpaired) electrons. The Morgan fingerprint density at radius 3 is 2.57 bits per heavy atom. The molecule has 1 unspecified atom stereocenters. The van der Waals surface area contributed by atoms with Crippen molar-refractivity contribution in [2.45, 2.75) is 44.7 Å². The van der Waals surface area contributed by atoms with E-state index in [2.05, 4.69) is 30.3 Å². The first-order chi connectivity index (χ1) is 13.4. The van der Waals surface area contributed by atoms with Crippen LogP contribution < -0.4 is 16.4 Å². The third kappa shape index (κ3) is 3.15. The van der Waals surface area contributed by atoms with Gasteiger partial charge in [-0.2, -0.15) is 0 Å². The molecule has 4 rings (SSSR count). The summed E-state index contributed by atoms with van der Waals surface area (Å²) in [4.78, 5) is 37.5. The molecule has 0 aliphatic heterocycles. The van der Waals surface area contributed by atoms with E-state index in [9.17, 15) is 14.4 Å². The molecule has 0 fully saturated rings. The lowest BCUT2D eigenvalue weighted by Crippen LogP contribution is -2.40. The van der Waals surface area contributed by atoms with Gasteiger partial charge >= 0.3 is 0 Å². The summed E-state index contributed by atoms with van der Waals surface area (Å²) >= 11 is 0. The minimum absolute atomic E-state index is 0.0678. The topological polar surface area (TPSA) is 84.0 Å². The molecule has 144 valence electrons. The van der Waals surface area contributed by atoms with E-state index in [-0.39, 0.29) is 35.0 Å². The maximum atomic E-state index is 12.7. The minimum atomic E-state index is -0.382. The lowest BCUT2D eigenvalue weighted by molar-refractivity contribution is -0.122. The van der Waals surface area contributed by atoms with Crippen LogP contribution >= 0.6 is 0 Å². The Balaban J connectivity index is 1.59. The van der Waals surface area contributed by atoms with Crippen molar-refractivity contribution in [3.63, 3.8) is 0 Å². The largest absolute Gasteiger partial charge is 0.348 e. The highest BCUT2D eigenvalue weighted by molar-refractivity contribution is 5.81. The molecule has 3 aromatic rings. The molecule has 0 saturated heterocycles. The summed E-state index contributed by atoms with van der Waals surface area (Å²) in [6.07, 6.45) is 1.79. The fourth-order valence-corrected chi connectivity index (χ4v) is 4.10. The third-order valence-electron chi connectivity index (χ3n) is 5.64. The highest BCUT2D eigenvalue weighted by atomic mass is 16.2. The molecular weight excluding hydrogens is 354 g/mol. The monoisotopic (exact) mass is 377 g/mol. The van der Waals surface area contributed by atoms with Crippen LogP contribution in [0.25, 0.3) is 10.8 Å². The number of carbonyl (C=O) groups excluding carboxylic acids is 1.